The van der Waals surface area contributed by atoms with E-state index >= 15 is 0 Å². The van der Waals surface area contributed by atoms with Gasteiger partial charge in [0.05, 0.1) is 12.8 Å². The molecule has 0 unspecified atom stereocenters. The van der Waals surface area contributed by atoms with Crippen LogP contribution in [0.2, 0.25) is 0 Å². The molecule has 1 aromatic carbocycles. The van der Waals surface area contributed by atoms with E-state index in [0.717, 1.165) is 19.3 Å². The van der Waals surface area contributed by atoms with Crippen LogP contribution >= 0.6 is 0 Å². The summed E-state index contributed by atoms with van der Waals surface area (Å²) in [6.45, 7) is 0.650. The second-order valence-electron chi connectivity index (χ2n) is 6.23. The third-order valence-corrected chi connectivity index (χ3v) is 4.62. The fourth-order valence-corrected chi connectivity index (χ4v) is 3.19. The van der Waals surface area contributed by atoms with Gasteiger partial charge in [-0.3, -0.25) is 9.59 Å². The highest BCUT2D eigenvalue weighted by molar-refractivity contribution is 6.04. The van der Waals surface area contributed by atoms with Gasteiger partial charge in [0, 0.05) is 12.5 Å². The van der Waals surface area contributed by atoms with Crippen LogP contribution in [0.25, 0.3) is 11.0 Å². The Morgan fingerprint density at radius 2 is 2.04 bits per heavy atom. The van der Waals surface area contributed by atoms with Crippen LogP contribution in [0.1, 0.15) is 25.7 Å². The number of rotatable bonds is 4. The van der Waals surface area contributed by atoms with Crippen molar-refractivity contribution in [2.75, 3.05) is 19.0 Å². The first-order valence-corrected chi connectivity index (χ1v) is 8.09. The van der Waals surface area contributed by atoms with E-state index in [0.29, 0.717) is 35.4 Å². The summed E-state index contributed by atoms with van der Waals surface area (Å²) in [5, 5.41) is 10.5. The molecular formula is C16H18N4O4. The molecule has 1 aromatic heterocycles. The van der Waals surface area contributed by atoms with Crippen molar-refractivity contribution < 1.29 is 19.0 Å². The summed E-state index contributed by atoms with van der Waals surface area (Å²) in [7, 11) is 1.53. The van der Waals surface area contributed by atoms with E-state index in [4.69, 9.17) is 9.37 Å². The number of likely N-dealkylation sites (tertiary alicyclic amines) is 1. The summed E-state index contributed by atoms with van der Waals surface area (Å²) in [5.74, 6) is 0.549. The van der Waals surface area contributed by atoms with E-state index in [1.54, 1.807) is 17.0 Å². The lowest BCUT2D eigenvalue weighted by Crippen LogP contribution is -2.43. The molecule has 0 radical (unpaired) electrons. The van der Waals surface area contributed by atoms with Gasteiger partial charge in [0.15, 0.2) is 16.8 Å². The number of amides is 2. The Kier molecular flexibility index (Phi) is 3.59. The summed E-state index contributed by atoms with van der Waals surface area (Å²) in [6.07, 6.45) is 3.40. The molecule has 2 aromatic rings. The van der Waals surface area contributed by atoms with E-state index in [1.807, 2.05) is 0 Å². The summed E-state index contributed by atoms with van der Waals surface area (Å²) in [5.41, 5.74) is 1.39. The lowest BCUT2D eigenvalue weighted by Gasteiger charge is -2.24. The Hall–Kier alpha value is -2.64. The molecule has 4 rings (SSSR count). The van der Waals surface area contributed by atoms with Crippen molar-refractivity contribution in [3.05, 3.63) is 12.1 Å². The second kappa shape index (κ2) is 5.77. The first-order valence-electron chi connectivity index (χ1n) is 8.09. The molecule has 1 aliphatic carbocycles. The molecule has 2 fully saturated rings. The Labute approximate surface area is 138 Å². The van der Waals surface area contributed by atoms with Crippen molar-refractivity contribution in [3.8, 4) is 5.75 Å². The van der Waals surface area contributed by atoms with Crippen LogP contribution in [-0.4, -0.2) is 46.7 Å². The largest absolute Gasteiger partial charge is 0.494 e. The van der Waals surface area contributed by atoms with E-state index in [2.05, 4.69) is 15.6 Å². The second-order valence-corrected chi connectivity index (χ2v) is 6.23. The minimum absolute atomic E-state index is 0.107. The molecular weight excluding hydrogens is 312 g/mol. The maximum Gasteiger partial charge on any atom is 0.247 e. The van der Waals surface area contributed by atoms with Crippen LogP contribution in [0.3, 0.4) is 0 Å². The van der Waals surface area contributed by atoms with Crippen LogP contribution in [0, 0.1) is 5.92 Å². The SMILES string of the molecule is COc1ccc(NC(=O)[C@@H]2CCCN2C(=O)C2CC2)c2nonc12. The lowest BCUT2D eigenvalue weighted by atomic mass is 10.1. The highest BCUT2D eigenvalue weighted by atomic mass is 16.6. The number of methoxy groups -OCH3 is 1. The Morgan fingerprint density at radius 3 is 2.79 bits per heavy atom. The molecule has 1 saturated carbocycles. The van der Waals surface area contributed by atoms with Gasteiger partial charge < -0.3 is 15.0 Å². The fourth-order valence-electron chi connectivity index (χ4n) is 3.19. The first kappa shape index (κ1) is 14.9. The summed E-state index contributed by atoms with van der Waals surface area (Å²) in [4.78, 5) is 26.7. The molecule has 8 nitrogen and oxygen atoms in total. The number of aromatic nitrogens is 2. The molecule has 2 aliphatic rings. The average Bonchev–Trinajstić information content (AvgIpc) is 3.11. The zero-order valence-electron chi connectivity index (χ0n) is 13.3. The van der Waals surface area contributed by atoms with Crippen molar-refractivity contribution in [2.45, 2.75) is 31.7 Å². The standard InChI is InChI=1S/C16H18N4O4/c1-23-12-7-6-10(13-14(12)19-24-18-13)17-15(21)11-3-2-8-20(11)16(22)9-4-5-9/h6-7,9,11H,2-5,8H2,1H3,(H,17,21)/t11-/m0/s1. The van der Waals surface area contributed by atoms with Crippen LogP contribution in [0.4, 0.5) is 5.69 Å². The van der Waals surface area contributed by atoms with Gasteiger partial charge in [0.2, 0.25) is 11.8 Å². The number of anilines is 1. The van der Waals surface area contributed by atoms with Gasteiger partial charge in [0.1, 0.15) is 6.04 Å². The maximum atomic E-state index is 12.7. The average molecular weight is 330 g/mol. The zero-order chi connectivity index (χ0) is 16.7. The van der Waals surface area contributed by atoms with Gasteiger partial charge in [-0.15, -0.1) is 0 Å². The van der Waals surface area contributed by atoms with Gasteiger partial charge >= 0.3 is 0 Å². The Balaban J connectivity index is 1.55. The molecule has 126 valence electrons. The number of fused-ring (bicyclic) bond motifs is 1. The number of hydrogen-bond donors (Lipinski definition) is 1. The maximum absolute atomic E-state index is 12.7. The molecule has 1 atom stereocenters. The lowest BCUT2D eigenvalue weighted by molar-refractivity contribution is -0.137. The third kappa shape index (κ3) is 2.47. The minimum Gasteiger partial charge on any atom is -0.494 e. The van der Waals surface area contributed by atoms with Gasteiger partial charge in [-0.1, -0.05) is 0 Å². The minimum atomic E-state index is -0.421. The topological polar surface area (TPSA) is 97.6 Å². The van der Waals surface area contributed by atoms with Crippen molar-refractivity contribution in [1.29, 1.82) is 0 Å². The molecule has 1 aliphatic heterocycles. The van der Waals surface area contributed by atoms with E-state index < -0.39 is 6.04 Å². The van der Waals surface area contributed by atoms with Gasteiger partial charge in [-0.25, -0.2) is 4.63 Å². The first-order chi connectivity index (χ1) is 11.7. The number of carbonyl (C=O) groups excluding carboxylic acids is 2. The molecule has 1 N–H and O–H groups in total. The quantitative estimate of drug-likeness (QED) is 0.914. The molecule has 0 bridgehead atoms. The van der Waals surface area contributed by atoms with Crippen molar-refractivity contribution >= 4 is 28.5 Å². The highest BCUT2D eigenvalue weighted by Gasteiger charge is 2.41. The summed E-state index contributed by atoms with van der Waals surface area (Å²) < 4.78 is 9.96. The van der Waals surface area contributed by atoms with E-state index in [-0.39, 0.29) is 17.7 Å². The molecule has 0 spiro atoms. The number of nitrogens with one attached hydrogen (secondary N) is 1. The number of ether oxygens (including phenoxy) is 1. The van der Waals surface area contributed by atoms with Crippen LogP contribution in [0.5, 0.6) is 5.75 Å². The van der Waals surface area contributed by atoms with E-state index in [1.165, 1.54) is 7.11 Å². The molecule has 2 amide bonds. The fraction of sp³-hybridized carbons (Fsp3) is 0.500. The monoisotopic (exact) mass is 330 g/mol. The Morgan fingerprint density at radius 1 is 1.25 bits per heavy atom. The van der Waals surface area contributed by atoms with Gasteiger partial charge in [-0.05, 0) is 48.1 Å². The third-order valence-electron chi connectivity index (χ3n) is 4.62. The van der Waals surface area contributed by atoms with Crippen LogP contribution in [0.15, 0.2) is 16.8 Å². The zero-order valence-corrected chi connectivity index (χ0v) is 13.3. The van der Waals surface area contributed by atoms with Crippen LogP contribution < -0.4 is 10.1 Å². The number of hydrogen-bond acceptors (Lipinski definition) is 6. The Bertz CT molecular complexity index is 798. The predicted molar refractivity (Wildman–Crippen MR) is 84.4 cm³/mol. The number of benzene rings is 1. The van der Waals surface area contributed by atoms with E-state index in [9.17, 15) is 9.59 Å². The number of nitrogens with zero attached hydrogens (tertiary/aromatic N) is 3. The van der Waals surface area contributed by atoms with Gasteiger partial charge in [0.25, 0.3) is 0 Å². The predicted octanol–water partition coefficient (Wildman–Crippen LogP) is 1.57. The normalized spacial score (nSPS) is 20.4. The summed E-state index contributed by atoms with van der Waals surface area (Å²) in [6, 6.07) is 2.98. The molecule has 8 heteroatoms. The van der Waals surface area contributed by atoms with Crippen molar-refractivity contribution in [3.63, 3.8) is 0 Å². The van der Waals surface area contributed by atoms with Crippen molar-refractivity contribution in [2.24, 2.45) is 5.92 Å². The van der Waals surface area contributed by atoms with Gasteiger partial charge in [-0.2, -0.15) is 0 Å². The smallest absolute Gasteiger partial charge is 0.247 e. The summed E-state index contributed by atoms with van der Waals surface area (Å²) >= 11 is 0. The van der Waals surface area contributed by atoms with Crippen molar-refractivity contribution in [1.82, 2.24) is 15.2 Å². The highest BCUT2D eigenvalue weighted by Crippen LogP contribution is 2.34. The number of carbonyl (C=O) groups is 2. The molecule has 24 heavy (non-hydrogen) atoms. The molecule has 1 saturated heterocycles. The molecule has 2 heterocycles. The van der Waals surface area contributed by atoms with Crippen LogP contribution in [-0.2, 0) is 9.59 Å².